The van der Waals surface area contributed by atoms with Crippen molar-refractivity contribution < 1.29 is 9.59 Å². The van der Waals surface area contributed by atoms with E-state index in [1.807, 2.05) is 50.2 Å². The summed E-state index contributed by atoms with van der Waals surface area (Å²) in [5.41, 5.74) is 5.89. The lowest BCUT2D eigenvalue weighted by atomic mass is 9.78. The van der Waals surface area contributed by atoms with Gasteiger partial charge in [0, 0.05) is 22.3 Å². The van der Waals surface area contributed by atoms with Gasteiger partial charge in [-0.2, -0.15) is 0 Å². The number of hydrogen-bond acceptors (Lipinski definition) is 2. The van der Waals surface area contributed by atoms with Gasteiger partial charge >= 0.3 is 0 Å². The number of rotatable bonds is 1. The molecule has 4 rings (SSSR count). The average molecular weight is 312 g/mol. The number of carbonyl (C=O) groups excluding carboxylic acids is 2. The van der Waals surface area contributed by atoms with E-state index in [-0.39, 0.29) is 11.6 Å². The van der Waals surface area contributed by atoms with Crippen LogP contribution in [0.2, 0.25) is 0 Å². The van der Waals surface area contributed by atoms with E-state index in [1.54, 1.807) is 24.3 Å². The van der Waals surface area contributed by atoms with Crippen molar-refractivity contribution in [2.24, 2.45) is 0 Å². The van der Waals surface area contributed by atoms with Gasteiger partial charge in [0.25, 0.3) is 0 Å². The van der Waals surface area contributed by atoms with Gasteiger partial charge in [-0.25, -0.2) is 0 Å². The van der Waals surface area contributed by atoms with Crippen LogP contribution in [-0.2, 0) is 0 Å². The fraction of sp³-hybridized carbons (Fsp3) is 0.0909. The van der Waals surface area contributed by atoms with E-state index in [9.17, 15) is 9.59 Å². The molecule has 2 nitrogen and oxygen atoms in total. The SMILES string of the molecule is Cc1cc(-c2ccccc2)c(C)c2c1C(=O)c1ccccc1C2=O. The highest BCUT2D eigenvalue weighted by atomic mass is 16.1. The number of carbonyl (C=O) groups is 2. The molecule has 116 valence electrons. The lowest BCUT2D eigenvalue weighted by Gasteiger charge is -2.23. The third-order valence-corrected chi connectivity index (χ3v) is 4.74. The fourth-order valence-corrected chi connectivity index (χ4v) is 3.56. The maximum absolute atomic E-state index is 13.1. The minimum atomic E-state index is -0.0569. The zero-order valence-electron chi connectivity index (χ0n) is 13.6. The zero-order valence-corrected chi connectivity index (χ0v) is 13.6. The Morgan fingerprint density at radius 3 is 1.79 bits per heavy atom. The summed E-state index contributed by atoms with van der Waals surface area (Å²) in [6, 6.07) is 19.1. The van der Waals surface area contributed by atoms with Crippen molar-refractivity contribution in [3.63, 3.8) is 0 Å². The number of hydrogen-bond donors (Lipinski definition) is 0. The van der Waals surface area contributed by atoms with Gasteiger partial charge < -0.3 is 0 Å². The molecule has 0 aliphatic heterocycles. The number of ketones is 2. The van der Waals surface area contributed by atoms with Crippen molar-refractivity contribution in [1.29, 1.82) is 0 Å². The summed E-state index contributed by atoms with van der Waals surface area (Å²) in [5, 5.41) is 0. The summed E-state index contributed by atoms with van der Waals surface area (Å²) in [6.07, 6.45) is 0. The van der Waals surface area contributed by atoms with Crippen LogP contribution in [0.15, 0.2) is 60.7 Å². The second kappa shape index (κ2) is 5.27. The van der Waals surface area contributed by atoms with Gasteiger partial charge in [0.05, 0.1) is 0 Å². The number of benzene rings is 3. The quantitative estimate of drug-likeness (QED) is 0.508. The standard InChI is InChI=1S/C22H16O2/c1-13-12-18(15-8-4-3-5-9-15)14(2)20-19(13)21(23)16-10-6-7-11-17(16)22(20)24/h3-12H,1-2H3. The van der Waals surface area contributed by atoms with Crippen molar-refractivity contribution in [3.8, 4) is 11.1 Å². The lowest BCUT2D eigenvalue weighted by Crippen LogP contribution is -2.23. The van der Waals surface area contributed by atoms with Gasteiger partial charge in [0.1, 0.15) is 0 Å². The van der Waals surface area contributed by atoms with Crippen LogP contribution in [0.25, 0.3) is 11.1 Å². The van der Waals surface area contributed by atoms with Gasteiger partial charge in [-0.1, -0.05) is 60.7 Å². The predicted octanol–water partition coefficient (Wildman–Crippen LogP) is 4.75. The topological polar surface area (TPSA) is 34.1 Å². The predicted molar refractivity (Wildman–Crippen MR) is 94.7 cm³/mol. The molecule has 1 aliphatic carbocycles. The van der Waals surface area contributed by atoms with E-state index < -0.39 is 0 Å². The van der Waals surface area contributed by atoms with Gasteiger partial charge in [-0.15, -0.1) is 0 Å². The Bertz CT molecular complexity index is 998. The molecule has 1 aliphatic rings. The van der Waals surface area contributed by atoms with Gasteiger partial charge in [0.15, 0.2) is 11.6 Å². The molecule has 0 amide bonds. The molecule has 0 spiro atoms. The van der Waals surface area contributed by atoms with Crippen LogP contribution in [0, 0.1) is 13.8 Å². The Balaban J connectivity index is 2.04. The maximum Gasteiger partial charge on any atom is 0.194 e. The summed E-state index contributed by atoms with van der Waals surface area (Å²) in [6.45, 7) is 3.84. The third kappa shape index (κ3) is 1.96. The van der Waals surface area contributed by atoms with Gasteiger partial charge in [0.2, 0.25) is 0 Å². The van der Waals surface area contributed by atoms with E-state index in [1.165, 1.54) is 0 Å². The Kier molecular flexibility index (Phi) is 3.20. The van der Waals surface area contributed by atoms with Gasteiger partial charge in [-0.3, -0.25) is 9.59 Å². The second-order valence-corrected chi connectivity index (χ2v) is 6.19. The van der Waals surface area contributed by atoms with Crippen LogP contribution >= 0.6 is 0 Å². The first kappa shape index (κ1) is 14.6. The van der Waals surface area contributed by atoms with E-state index >= 15 is 0 Å². The van der Waals surface area contributed by atoms with E-state index in [0.717, 1.165) is 22.3 Å². The molecule has 3 aromatic carbocycles. The molecular weight excluding hydrogens is 296 g/mol. The largest absolute Gasteiger partial charge is 0.289 e. The highest BCUT2D eigenvalue weighted by Gasteiger charge is 2.32. The van der Waals surface area contributed by atoms with Gasteiger partial charge in [-0.05, 0) is 36.1 Å². The molecule has 0 fully saturated rings. The molecule has 0 aromatic heterocycles. The lowest BCUT2D eigenvalue weighted by molar-refractivity contribution is 0.0978. The molecule has 24 heavy (non-hydrogen) atoms. The van der Waals surface area contributed by atoms with Crippen molar-refractivity contribution in [3.05, 3.63) is 94.0 Å². The van der Waals surface area contributed by atoms with Crippen molar-refractivity contribution >= 4 is 11.6 Å². The average Bonchev–Trinajstić information content (AvgIpc) is 2.62. The van der Waals surface area contributed by atoms with Crippen molar-refractivity contribution in [2.45, 2.75) is 13.8 Å². The molecule has 2 heteroatoms. The van der Waals surface area contributed by atoms with Crippen LogP contribution < -0.4 is 0 Å². The Morgan fingerprint density at radius 1 is 0.625 bits per heavy atom. The molecule has 0 radical (unpaired) electrons. The third-order valence-electron chi connectivity index (χ3n) is 4.74. The fourth-order valence-electron chi connectivity index (χ4n) is 3.56. The monoisotopic (exact) mass is 312 g/mol. The Morgan fingerprint density at radius 2 is 1.17 bits per heavy atom. The first-order valence-corrected chi connectivity index (χ1v) is 7.97. The van der Waals surface area contributed by atoms with Crippen LogP contribution in [0.5, 0.6) is 0 Å². The normalized spacial score (nSPS) is 12.8. The summed E-state index contributed by atoms with van der Waals surface area (Å²) in [5.74, 6) is -0.112. The minimum absolute atomic E-state index is 0.0552. The molecule has 0 heterocycles. The smallest absolute Gasteiger partial charge is 0.194 e. The van der Waals surface area contributed by atoms with Crippen LogP contribution in [0.4, 0.5) is 0 Å². The number of fused-ring (bicyclic) bond motifs is 2. The molecule has 0 saturated carbocycles. The first-order chi connectivity index (χ1) is 11.6. The second-order valence-electron chi connectivity index (χ2n) is 6.19. The van der Waals surface area contributed by atoms with E-state index in [2.05, 4.69) is 0 Å². The van der Waals surface area contributed by atoms with Crippen LogP contribution in [-0.4, -0.2) is 11.6 Å². The summed E-state index contributed by atoms with van der Waals surface area (Å²) in [4.78, 5) is 26.0. The van der Waals surface area contributed by atoms with Crippen molar-refractivity contribution in [1.82, 2.24) is 0 Å². The molecule has 3 aromatic rings. The Labute approximate surface area is 140 Å². The van der Waals surface area contributed by atoms with E-state index in [0.29, 0.717) is 22.3 Å². The maximum atomic E-state index is 13.1. The zero-order chi connectivity index (χ0) is 16.8. The molecule has 0 saturated heterocycles. The molecule has 0 bridgehead atoms. The minimum Gasteiger partial charge on any atom is -0.289 e. The summed E-state index contributed by atoms with van der Waals surface area (Å²) in [7, 11) is 0. The molecular formula is C22H16O2. The Hall–Kier alpha value is -3.00. The highest BCUT2D eigenvalue weighted by molar-refractivity contribution is 6.29. The van der Waals surface area contributed by atoms with Crippen LogP contribution in [0.1, 0.15) is 43.0 Å². The summed E-state index contributed by atoms with van der Waals surface area (Å²) < 4.78 is 0. The molecule has 0 N–H and O–H groups in total. The first-order valence-electron chi connectivity index (χ1n) is 7.97. The molecule has 0 unspecified atom stereocenters. The molecule has 0 atom stereocenters. The highest BCUT2D eigenvalue weighted by Crippen LogP contribution is 2.36. The van der Waals surface area contributed by atoms with Crippen molar-refractivity contribution in [2.75, 3.05) is 0 Å². The van der Waals surface area contributed by atoms with E-state index in [4.69, 9.17) is 0 Å². The van der Waals surface area contributed by atoms with Crippen LogP contribution in [0.3, 0.4) is 0 Å². The summed E-state index contributed by atoms with van der Waals surface area (Å²) >= 11 is 0. The number of aryl methyl sites for hydroxylation is 1.